The molecule has 0 heterocycles. The third kappa shape index (κ3) is 6.26. The monoisotopic (exact) mass is 468 g/mol. The topological polar surface area (TPSA) is 93.7 Å². The third-order valence-corrected chi connectivity index (χ3v) is 6.59. The molecular formula is C25H28N2O5S. The number of hydrogen-bond acceptors (Lipinski definition) is 5. The van der Waals surface area contributed by atoms with E-state index in [4.69, 9.17) is 9.47 Å². The van der Waals surface area contributed by atoms with Crippen LogP contribution in [-0.2, 0) is 14.8 Å². The van der Waals surface area contributed by atoms with Gasteiger partial charge in [0.15, 0.2) is 6.10 Å². The van der Waals surface area contributed by atoms with E-state index in [0.29, 0.717) is 29.3 Å². The minimum absolute atomic E-state index is 0.0785. The number of ether oxygens (including phenoxy) is 2. The van der Waals surface area contributed by atoms with Gasteiger partial charge < -0.3 is 14.8 Å². The van der Waals surface area contributed by atoms with Gasteiger partial charge in [-0.3, -0.25) is 9.52 Å². The van der Waals surface area contributed by atoms with E-state index < -0.39 is 16.1 Å². The van der Waals surface area contributed by atoms with Crippen LogP contribution in [0.3, 0.4) is 0 Å². The number of methoxy groups -OCH3 is 1. The van der Waals surface area contributed by atoms with Crippen molar-refractivity contribution in [2.24, 2.45) is 0 Å². The Hall–Kier alpha value is -3.52. The molecule has 0 fully saturated rings. The first-order chi connectivity index (χ1) is 15.7. The standard InChI is InChI=1S/C25H28N2O5S/c1-5-24(32-22-11-6-17(2)18(3)16-22)25(28)26-19-9-14-23(15-10-19)33(29,30)27-20-7-12-21(31-4)13-8-20/h6-16,24,27H,5H2,1-4H3,(H,26,28). The fourth-order valence-electron chi connectivity index (χ4n) is 3.09. The number of nitrogens with one attached hydrogen (secondary N) is 2. The van der Waals surface area contributed by atoms with Crippen LogP contribution in [0.2, 0.25) is 0 Å². The molecular weight excluding hydrogens is 440 g/mol. The highest BCUT2D eigenvalue weighted by atomic mass is 32.2. The van der Waals surface area contributed by atoms with Gasteiger partial charge in [-0.05, 0) is 92.1 Å². The Kier molecular flexibility index (Phi) is 7.60. The van der Waals surface area contributed by atoms with E-state index in [2.05, 4.69) is 10.0 Å². The third-order valence-electron chi connectivity index (χ3n) is 5.19. The van der Waals surface area contributed by atoms with Crippen LogP contribution in [-0.4, -0.2) is 27.5 Å². The van der Waals surface area contributed by atoms with E-state index in [-0.39, 0.29) is 10.8 Å². The molecule has 0 saturated carbocycles. The largest absolute Gasteiger partial charge is 0.497 e. The minimum Gasteiger partial charge on any atom is -0.497 e. The van der Waals surface area contributed by atoms with E-state index in [1.807, 2.05) is 39.0 Å². The van der Waals surface area contributed by atoms with Crippen LogP contribution in [0.1, 0.15) is 24.5 Å². The maximum Gasteiger partial charge on any atom is 0.265 e. The number of sulfonamides is 1. The van der Waals surface area contributed by atoms with E-state index in [1.54, 1.807) is 36.4 Å². The Morgan fingerprint density at radius 1 is 0.879 bits per heavy atom. The van der Waals surface area contributed by atoms with Crippen molar-refractivity contribution in [2.45, 2.75) is 38.2 Å². The summed E-state index contributed by atoms with van der Waals surface area (Å²) >= 11 is 0. The molecule has 174 valence electrons. The summed E-state index contributed by atoms with van der Waals surface area (Å²) in [6.45, 7) is 5.87. The predicted octanol–water partition coefficient (Wildman–Crippen LogP) is 4.91. The van der Waals surface area contributed by atoms with Gasteiger partial charge in [0.25, 0.3) is 15.9 Å². The molecule has 33 heavy (non-hydrogen) atoms. The quantitative estimate of drug-likeness (QED) is 0.465. The van der Waals surface area contributed by atoms with Crippen molar-refractivity contribution in [3.05, 3.63) is 77.9 Å². The average molecular weight is 469 g/mol. The SMILES string of the molecule is CCC(Oc1ccc(C)c(C)c1)C(=O)Nc1ccc(S(=O)(=O)Nc2ccc(OC)cc2)cc1. The summed E-state index contributed by atoms with van der Waals surface area (Å²) in [5, 5.41) is 2.79. The van der Waals surface area contributed by atoms with E-state index >= 15 is 0 Å². The zero-order valence-electron chi connectivity index (χ0n) is 19.1. The highest BCUT2D eigenvalue weighted by molar-refractivity contribution is 7.92. The number of benzene rings is 3. The zero-order chi connectivity index (χ0) is 24.0. The number of carbonyl (C=O) groups is 1. The van der Waals surface area contributed by atoms with Crippen molar-refractivity contribution < 1.29 is 22.7 Å². The Labute approximate surface area is 194 Å². The van der Waals surface area contributed by atoms with Gasteiger partial charge in [-0.1, -0.05) is 13.0 Å². The molecule has 0 aliphatic heterocycles. The second kappa shape index (κ2) is 10.4. The van der Waals surface area contributed by atoms with Crippen LogP contribution in [0.25, 0.3) is 0 Å². The number of rotatable bonds is 9. The second-order valence-electron chi connectivity index (χ2n) is 7.61. The van der Waals surface area contributed by atoms with Crippen molar-refractivity contribution in [3.63, 3.8) is 0 Å². The van der Waals surface area contributed by atoms with E-state index in [1.165, 1.54) is 19.2 Å². The first kappa shape index (κ1) is 24.1. The highest BCUT2D eigenvalue weighted by Gasteiger charge is 2.20. The molecule has 7 nitrogen and oxygen atoms in total. The second-order valence-corrected chi connectivity index (χ2v) is 9.29. The molecule has 3 rings (SSSR count). The summed E-state index contributed by atoms with van der Waals surface area (Å²) in [7, 11) is -2.24. The number of amides is 1. The summed E-state index contributed by atoms with van der Waals surface area (Å²) in [5.74, 6) is 0.957. The van der Waals surface area contributed by atoms with E-state index in [9.17, 15) is 13.2 Å². The Balaban J connectivity index is 1.65. The lowest BCUT2D eigenvalue weighted by atomic mass is 10.1. The summed E-state index contributed by atoms with van der Waals surface area (Å²) in [6.07, 6.45) is -0.191. The molecule has 1 atom stereocenters. The molecule has 0 aliphatic rings. The zero-order valence-corrected chi connectivity index (χ0v) is 19.9. The van der Waals surface area contributed by atoms with Gasteiger partial charge in [-0.2, -0.15) is 0 Å². The molecule has 0 radical (unpaired) electrons. The van der Waals surface area contributed by atoms with Crippen molar-refractivity contribution in [1.29, 1.82) is 0 Å². The fourth-order valence-corrected chi connectivity index (χ4v) is 4.15. The number of carbonyl (C=O) groups excluding carboxylic acids is 1. The highest BCUT2D eigenvalue weighted by Crippen LogP contribution is 2.22. The number of anilines is 2. The maximum atomic E-state index is 12.7. The molecule has 8 heteroatoms. The number of aryl methyl sites for hydroxylation is 2. The van der Waals surface area contributed by atoms with Gasteiger partial charge in [-0.25, -0.2) is 8.42 Å². The lowest BCUT2D eigenvalue weighted by Gasteiger charge is -2.18. The summed E-state index contributed by atoms with van der Waals surface area (Å²) < 4.78 is 38.8. The summed E-state index contributed by atoms with van der Waals surface area (Å²) in [4.78, 5) is 12.8. The molecule has 0 bridgehead atoms. The van der Waals surface area contributed by atoms with Gasteiger partial charge >= 0.3 is 0 Å². The van der Waals surface area contributed by atoms with Gasteiger partial charge in [0.05, 0.1) is 12.0 Å². The van der Waals surface area contributed by atoms with Crippen molar-refractivity contribution in [3.8, 4) is 11.5 Å². The Morgan fingerprint density at radius 2 is 1.48 bits per heavy atom. The average Bonchev–Trinajstić information content (AvgIpc) is 2.80. The first-order valence-corrected chi connectivity index (χ1v) is 12.0. The van der Waals surface area contributed by atoms with Gasteiger partial charge in [-0.15, -0.1) is 0 Å². The molecule has 3 aromatic carbocycles. The Morgan fingerprint density at radius 3 is 2.06 bits per heavy atom. The lowest BCUT2D eigenvalue weighted by molar-refractivity contribution is -0.122. The molecule has 0 aliphatic carbocycles. The number of hydrogen-bond donors (Lipinski definition) is 2. The molecule has 0 aromatic heterocycles. The van der Waals surface area contributed by atoms with Crippen LogP contribution in [0.15, 0.2) is 71.6 Å². The molecule has 1 amide bonds. The van der Waals surface area contributed by atoms with Crippen LogP contribution >= 0.6 is 0 Å². The van der Waals surface area contributed by atoms with E-state index in [0.717, 1.165) is 11.1 Å². The molecule has 2 N–H and O–H groups in total. The Bertz CT molecular complexity index is 1210. The van der Waals surface area contributed by atoms with Crippen molar-refractivity contribution in [1.82, 2.24) is 0 Å². The van der Waals surface area contributed by atoms with Crippen molar-refractivity contribution >= 4 is 27.3 Å². The first-order valence-electron chi connectivity index (χ1n) is 10.5. The molecule has 0 spiro atoms. The molecule has 0 saturated heterocycles. The van der Waals surface area contributed by atoms with Crippen LogP contribution < -0.4 is 19.5 Å². The predicted molar refractivity (Wildman–Crippen MR) is 129 cm³/mol. The summed E-state index contributed by atoms with van der Waals surface area (Å²) in [6, 6.07) is 18.2. The fraction of sp³-hybridized carbons (Fsp3) is 0.240. The molecule has 1 unspecified atom stereocenters. The van der Waals surface area contributed by atoms with Gasteiger partial charge in [0.2, 0.25) is 0 Å². The molecule has 3 aromatic rings. The lowest BCUT2D eigenvalue weighted by Crippen LogP contribution is -2.32. The minimum atomic E-state index is -3.78. The smallest absolute Gasteiger partial charge is 0.265 e. The summed E-state index contributed by atoms with van der Waals surface area (Å²) in [5.41, 5.74) is 3.13. The van der Waals surface area contributed by atoms with Gasteiger partial charge in [0.1, 0.15) is 11.5 Å². The van der Waals surface area contributed by atoms with Gasteiger partial charge in [0, 0.05) is 11.4 Å². The van der Waals surface area contributed by atoms with Crippen LogP contribution in [0, 0.1) is 13.8 Å². The van der Waals surface area contributed by atoms with Crippen LogP contribution in [0.5, 0.6) is 11.5 Å². The van der Waals surface area contributed by atoms with Crippen LogP contribution in [0.4, 0.5) is 11.4 Å². The maximum absolute atomic E-state index is 12.7. The normalized spacial score (nSPS) is 12.0. The van der Waals surface area contributed by atoms with Crippen molar-refractivity contribution in [2.75, 3.05) is 17.1 Å².